The van der Waals surface area contributed by atoms with Gasteiger partial charge in [0.2, 0.25) is 0 Å². The van der Waals surface area contributed by atoms with Gasteiger partial charge >= 0.3 is 0 Å². The van der Waals surface area contributed by atoms with Crippen molar-refractivity contribution in [2.75, 3.05) is 13.6 Å². The first-order chi connectivity index (χ1) is 9.54. The van der Waals surface area contributed by atoms with E-state index in [1.165, 1.54) is 25.7 Å². The minimum Gasteiger partial charge on any atom is -0.507 e. The molecular formula is C16H20INO2. The molecule has 1 N–H and O–H groups in total. The van der Waals surface area contributed by atoms with Crippen LogP contribution in [0.4, 0.5) is 0 Å². The van der Waals surface area contributed by atoms with Crippen LogP contribution in [0.5, 0.6) is 5.75 Å². The topological polar surface area (TPSA) is 40.5 Å². The number of hydrogen-bond donors (Lipinski definition) is 1. The molecule has 2 saturated carbocycles. The number of carbonyl (C=O) groups is 1. The number of phenolic OH excluding ortho intramolecular Hbond substituents is 1. The first-order valence-electron chi connectivity index (χ1n) is 7.28. The smallest absolute Gasteiger partial charge is 0.257 e. The summed E-state index contributed by atoms with van der Waals surface area (Å²) in [4.78, 5) is 14.3. The van der Waals surface area contributed by atoms with Crippen molar-refractivity contribution in [1.29, 1.82) is 0 Å². The summed E-state index contributed by atoms with van der Waals surface area (Å²) in [7, 11) is 1.85. The summed E-state index contributed by atoms with van der Waals surface area (Å²) in [5.74, 6) is 2.39. The van der Waals surface area contributed by atoms with Crippen LogP contribution in [0.1, 0.15) is 36.0 Å². The molecule has 4 heteroatoms. The maximum absolute atomic E-state index is 12.5. The van der Waals surface area contributed by atoms with Crippen molar-refractivity contribution in [1.82, 2.24) is 4.90 Å². The number of nitrogens with zero attached hydrogens (tertiary/aromatic N) is 1. The molecule has 2 aliphatic carbocycles. The standard InChI is InChI=1S/C16H20INO2/c1-18(9-12-7-10-2-3-11(12)6-10)16(20)14-8-13(17)4-5-15(14)19/h4-5,8,10-12,19H,2-3,6-7,9H2,1H3. The summed E-state index contributed by atoms with van der Waals surface area (Å²) in [5.41, 5.74) is 0.419. The van der Waals surface area contributed by atoms with Crippen LogP contribution < -0.4 is 0 Å². The summed E-state index contributed by atoms with van der Waals surface area (Å²) in [5, 5.41) is 9.87. The summed E-state index contributed by atoms with van der Waals surface area (Å²) in [6.45, 7) is 0.824. The van der Waals surface area contributed by atoms with E-state index in [-0.39, 0.29) is 11.7 Å². The first kappa shape index (κ1) is 14.2. The van der Waals surface area contributed by atoms with Crippen LogP contribution in [0.3, 0.4) is 0 Å². The molecule has 1 aromatic rings. The molecule has 2 bridgehead atoms. The van der Waals surface area contributed by atoms with Crippen molar-refractivity contribution < 1.29 is 9.90 Å². The SMILES string of the molecule is CN(CC1CC2CCC1C2)C(=O)c1cc(I)ccc1O. The number of halogens is 1. The normalized spacial score (nSPS) is 27.8. The van der Waals surface area contributed by atoms with Gasteiger partial charge in [-0.1, -0.05) is 6.42 Å². The fourth-order valence-corrected chi connectivity index (χ4v) is 4.41. The molecule has 1 aromatic carbocycles. The van der Waals surface area contributed by atoms with Crippen LogP contribution in [0.25, 0.3) is 0 Å². The number of aromatic hydroxyl groups is 1. The second-order valence-electron chi connectivity index (χ2n) is 6.28. The van der Waals surface area contributed by atoms with E-state index in [1.54, 1.807) is 17.0 Å². The van der Waals surface area contributed by atoms with Crippen LogP contribution in [0.15, 0.2) is 18.2 Å². The Hall–Kier alpha value is -0.780. The number of carbonyl (C=O) groups excluding carboxylic acids is 1. The van der Waals surface area contributed by atoms with E-state index in [4.69, 9.17) is 0 Å². The Balaban J connectivity index is 1.69. The van der Waals surface area contributed by atoms with Crippen molar-refractivity contribution in [3.8, 4) is 5.75 Å². The summed E-state index contributed by atoms with van der Waals surface area (Å²) < 4.78 is 0.970. The number of amides is 1. The molecule has 0 aliphatic heterocycles. The van der Waals surface area contributed by atoms with E-state index in [1.807, 2.05) is 13.1 Å². The molecule has 108 valence electrons. The fraction of sp³-hybridized carbons (Fsp3) is 0.562. The van der Waals surface area contributed by atoms with E-state index >= 15 is 0 Å². The zero-order chi connectivity index (χ0) is 14.3. The van der Waals surface area contributed by atoms with E-state index in [9.17, 15) is 9.90 Å². The van der Waals surface area contributed by atoms with Gasteiger partial charge in [0.05, 0.1) is 5.56 Å². The summed E-state index contributed by atoms with van der Waals surface area (Å²) in [6.07, 6.45) is 5.37. The third kappa shape index (κ3) is 2.67. The van der Waals surface area contributed by atoms with Gasteiger partial charge in [-0.2, -0.15) is 0 Å². The van der Waals surface area contributed by atoms with Gasteiger partial charge < -0.3 is 10.0 Å². The van der Waals surface area contributed by atoms with Gasteiger partial charge in [-0.3, -0.25) is 4.79 Å². The largest absolute Gasteiger partial charge is 0.507 e. The molecule has 0 heterocycles. The summed E-state index contributed by atoms with van der Waals surface area (Å²) in [6, 6.07) is 5.17. The Morgan fingerprint density at radius 1 is 1.40 bits per heavy atom. The maximum Gasteiger partial charge on any atom is 0.257 e. The number of hydrogen-bond acceptors (Lipinski definition) is 2. The lowest BCUT2D eigenvalue weighted by molar-refractivity contribution is 0.0751. The molecule has 2 aliphatic rings. The average molecular weight is 385 g/mol. The van der Waals surface area contributed by atoms with Crippen LogP contribution >= 0.6 is 22.6 Å². The first-order valence-corrected chi connectivity index (χ1v) is 8.36. The van der Waals surface area contributed by atoms with Gasteiger partial charge in [0, 0.05) is 17.2 Å². The quantitative estimate of drug-likeness (QED) is 0.810. The molecule has 0 saturated heterocycles. The molecule has 2 fully saturated rings. The van der Waals surface area contributed by atoms with E-state index in [0.29, 0.717) is 11.5 Å². The van der Waals surface area contributed by atoms with Gasteiger partial charge in [-0.05, 0) is 77.8 Å². The second kappa shape index (κ2) is 5.54. The number of fused-ring (bicyclic) bond motifs is 2. The van der Waals surface area contributed by atoms with Crippen LogP contribution in [0.2, 0.25) is 0 Å². The molecule has 3 unspecified atom stereocenters. The van der Waals surface area contributed by atoms with Gasteiger partial charge in [0.15, 0.2) is 0 Å². The molecule has 3 rings (SSSR count). The minimum atomic E-state index is -0.0659. The van der Waals surface area contributed by atoms with Crippen molar-refractivity contribution in [3.63, 3.8) is 0 Å². The predicted molar refractivity (Wildman–Crippen MR) is 86.7 cm³/mol. The highest BCUT2D eigenvalue weighted by Gasteiger charge is 2.40. The van der Waals surface area contributed by atoms with E-state index < -0.39 is 0 Å². The lowest BCUT2D eigenvalue weighted by atomic mass is 9.88. The van der Waals surface area contributed by atoms with Gasteiger partial charge in [-0.25, -0.2) is 0 Å². The zero-order valence-corrected chi connectivity index (χ0v) is 13.8. The molecular weight excluding hydrogens is 365 g/mol. The number of rotatable bonds is 3. The molecule has 0 aromatic heterocycles. The van der Waals surface area contributed by atoms with E-state index in [0.717, 1.165) is 22.0 Å². The highest BCUT2D eigenvalue weighted by Crippen LogP contribution is 2.48. The molecule has 0 spiro atoms. The zero-order valence-electron chi connectivity index (χ0n) is 11.7. The molecule has 20 heavy (non-hydrogen) atoms. The molecule has 3 nitrogen and oxygen atoms in total. The van der Waals surface area contributed by atoms with Gasteiger partial charge in [0.25, 0.3) is 5.91 Å². The summed E-state index contributed by atoms with van der Waals surface area (Å²) >= 11 is 2.16. The monoisotopic (exact) mass is 385 g/mol. The molecule has 1 amide bonds. The van der Waals surface area contributed by atoms with Gasteiger partial charge in [-0.15, -0.1) is 0 Å². The molecule has 3 atom stereocenters. The highest BCUT2D eigenvalue weighted by molar-refractivity contribution is 14.1. The minimum absolute atomic E-state index is 0.0659. The van der Waals surface area contributed by atoms with Crippen molar-refractivity contribution in [2.24, 2.45) is 17.8 Å². The lowest BCUT2D eigenvalue weighted by Gasteiger charge is -2.27. The number of phenols is 1. The van der Waals surface area contributed by atoms with Crippen molar-refractivity contribution >= 4 is 28.5 Å². The van der Waals surface area contributed by atoms with Crippen LogP contribution in [-0.4, -0.2) is 29.5 Å². The van der Waals surface area contributed by atoms with Crippen molar-refractivity contribution in [2.45, 2.75) is 25.7 Å². The van der Waals surface area contributed by atoms with Gasteiger partial charge in [0.1, 0.15) is 5.75 Å². The third-order valence-corrected chi connectivity index (χ3v) is 5.60. The van der Waals surface area contributed by atoms with Crippen LogP contribution in [-0.2, 0) is 0 Å². The Morgan fingerprint density at radius 2 is 2.20 bits per heavy atom. The maximum atomic E-state index is 12.5. The number of benzene rings is 1. The lowest BCUT2D eigenvalue weighted by Crippen LogP contribution is -2.33. The Labute approximate surface area is 133 Å². The highest BCUT2D eigenvalue weighted by atomic mass is 127. The fourth-order valence-electron chi connectivity index (χ4n) is 3.92. The van der Waals surface area contributed by atoms with Crippen LogP contribution in [0, 0.1) is 21.3 Å². The predicted octanol–water partition coefficient (Wildman–Crippen LogP) is 3.51. The Morgan fingerprint density at radius 3 is 2.85 bits per heavy atom. The third-order valence-electron chi connectivity index (χ3n) is 4.93. The Bertz CT molecular complexity index is 531. The molecule has 0 radical (unpaired) electrons. The second-order valence-corrected chi connectivity index (χ2v) is 7.53. The van der Waals surface area contributed by atoms with Crippen molar-refractivity contribution in [3.05, 3.63) is 27.3 Å². The Kier molecular flexibility index (Phi) is 3.93. The van der Waals surface area contributed by atoms with E-state index in [2.05, 4.69) is 22.6 Å². The average Bonchev–Trinajstić information content (AvgIpc) is 3.03.